The van der Waals surface area contributed by atoms with E-state index in [1.165, 1.54) is 44.9 Å². The highest BCUT2D eigenvalue weighted by Crippen LogP contribution is 2.16. The normalized spacial score (nSPS) is 12.0. The first-order chi connectivity index (χ1) is 15.0. The Morgan fingerprint density at radius 3 is 1.87 bits per heavy atom. The summed E-state index contributed by atoms with van der Waals surface area (Å²) >= 11 is 0. The average Bonchev–Trinajstić information content (AvgIpc) is 2.74. The summed E-state index contributed by atoms with van der Waals surface area (Å²) in [5.74, 6) is -0.253. The Morgan fingerprint density at radius 2 is 1.29 bits per heavy atom. The summed E-state index contributed by atoms with van der Waals surface area (Å²) in [6.07, 6.45) is 13.7. The number of rotatable bonds is 17. The summed E-state index contributed by atoms with van der Waals surface area (Å²) in [5.41, 5.74) is 0.577. The molecule has 1 aromatic carbocycles. The van der Waals surface area contributed by atoms with Crippen LogP contribution >= 0.6 is 0 Å². The number of hydrogen-bond donors (Lipinski definition) is 0. The van der Waals surface area contributed by atoms with E-state index in [4.69, 9.17) is 9.47 Å². The predicted octanol–water partition coefficient (Wildman–Crippen LogP) is 7.75. The van der Waals surface area contributed by atoms with Crippen molar-refractivity contribution in [3.63, 3.8) is 0 Å². The lowest BCUT2D eigenvalue weighted by molar-refractivity contribution is 0.0306. The Kier molecular flexibility index (Phi) is 14.7. The summed E-state index contributed by atoms with van der Waals surface area (Å²) in [7, 11) is 0. The SMILES string of the molecule is CCCCCCCCCCCOC(=O)c1ccccc1C(=O)OC(C)CCCC(C)C. The first-order valence-electron chi connectivity index (χ1n) is 12.4. The Labute approximate surface area is 190 Å². The molecule has 0 heterocycles. The van der Waals surface area contributed by atoms with Gasteiger partial charge in [0, 0.05) is 0 Å². The number of esters is 2. The summed E-state index contributed by atoms with van der Waals surface area (Å²) in [6, 6.07) is 6.77. The molecule has 1 rings (SSSR count). The molecule has 1 atom stereocenters. The smallest absolute Gasteiger partial charge is 0.339 e. The Morgan fingerprint density at radius 1 is 0.742 bits per heavy atom. The van der Waals surface area contributed by atoms with Crippen LogP contribution in [-0.4, -0.2) is 24.6 Å². The van der Waals surface area contributed by atoms with Gasteiger partial charge in [0.05, 0.1) is 23.8 Å². The molecule has 0 aliphatic rings. The summed E-state index contributed by atoms with van der Waals surface area (Å²) in [6.45, 7) is 8.91. The van der Waals surface area contributed by atoms with Crippen LogP contribution in [0.3, 0.4) is 0 Å². The van der Waals surface area contributed by atoms with Crippen molar-refractivity contribution in [1.29, 1.82) is 0 Å². The molecule has 0 bridgehead atoms. The summed E-state index contributed by atoms with van der Waals surface area (Å²) in [5, 5.41) is 0. The molecular weight excluding hydrogens is 388 g/mol. The second kappa shape index (κ2) is 16.8. The fourth-order valence-corrected chi connectivity index (χ4v) is 3.61. The van der Waals surface area contributed by atoms with Crippen molar-refractivity contribution in [3.05, 3.63) is 35.4 Å². The van der Waals surface area contributed by atoms with Gasteiger partial charge in [-0.25, -0.2) is 9.59 Å². The lowest BCUT2D eigenvalue weighted by Crippen LogP contribution is -2.19. The van der Waals surface area contributed by atoms with Gasteiger partial charge in [0.15, 0.2) is 0 Å². The van der Waals surface area contributed by atoms with Gasteiger partial charge in [-0.05, 0) is 44.2 Å². The molecule has 0 saturated carbocycles. The third kappa shape index (κ3) is 12.6. The molecule has 1 unspecified atom stereocenters. The van der Waals surface area contributed by atoms with Gasteiger partial charge in [0.1, 0.15) is 0 Å². The number of benzene rings is 1. The zero-order valence-electron chi connectivity index (χ0n) is 20.3. The van der Waals surface area contributed by atoms with E-state index in [0.29, 0.717) is 12.5 Å². The highest BCUT2D eigenvalue weighted by atomic mass is 16.5. The fourth-order valence-electron chi connectivity index (χ4n) is 3.61. The molecule has 0 fully saturated rings. The highest BCUT2D eigenvalue weighted by Gasteiger charge is 2.20. The topological polar surface area (TPSA) is 52.6 Å². The molecule has 4 heteroatoms. The lowest BCUT2D eigenvalue weighted by Gasteiger charge is -2.15. The van der Waals surface area contributed by atoms with Crippen LogP contribution < -0.4 is 0 Å². The van der Waals surface area contributed by atoms with Gasteiger partial charge in [0.25, 0.3) is 0 Å². The van der Waals surface area contributed by atoms with Crippen molar-refractivity contribution >= 4 is 11.9 Å². The van der Waals surface area contributed by atoms with Crippen molar-refractivity contribution in [3.8, 4) is 0 Å². The number of carbonyl (C=O) groups excluding carboxylic acids is 2. The highest BCUT2D eigenvalue weighted by molar-refractivity contribution is 6.03. The molecule has 176 valence electrons. The fraction of sp³-hybridized carbons (Fsp3) is 0.704. The number of ether oxygens (including phenoxy) is 2. The molecule has 0 N–H and O–H groups in total. The van der Waals surface area contributed by atoms with Crippen molar-refractivity contribution < 1.29 is 19.1 Å². The van der Waals surface area contributed by atoms with Crippen LogP contribution in [0.1, 0.15) is 125 Å². The molecule has 0 radical (unpaired) electrons. The van der Waals surface area contributed by atoms with Gasteiger partial charge < -0.3 is 9.47 Å². The third-order valence-corrected chi connectivity index (χ3v) is 5.55. The van der Waals surface area contributed by atoms with Crippen LogP contribution in [0.15, 0.2) is 24.3 Å². The van der Waals surface area contributed by atoms with Crippen LogP contribution in [0.5, 0.6) is 0 Å². The van der Waals surface area contributed by atoms with Crippen LogP contribution in [0, 0.1) is 5.92 Å². The van der Waals surface area contributed by atoms with Gasteiger partial charge in [-0.1, -0.05) is 90.7 Å². The number of carbonyl (C=O) groups is 2. The largest absolute Gasteiger partial charge is 0.462 e. The van der Waals surface area contributed by atoms with Crippen LogP contribution in [0.2, 0.25) is 0 Å². The second-order valence-corrected chi connectivity index (χ2v) is 9.05. The molecule has 0 aliphatic carbocycles. The first-order valence-corrected chi connectivity index (χ1v) is 12.4. The second-order valence-electron chi connectivity index (χ2n) is 9.05. The molecule has 0 amide bonds. The molecule has 4 nitrogen and oxygen atoms in total. The monoisotopic (exact) mass is 432 g/mol. The molecule has 1 aromatic rings. The zero-order chi connectivity index (χ0) is 22.9. The maximum atomic E-state index is 12.6. The molecule has 0 spiro atoms. The maximum Gasteiger partial charge on any atom is 0.339 e. The van der Waals surface area contributed by atoms with Crippen molar-refractivity contribution in [1.82, 2.24) is 0 Å². The molecule has 0 aliphatic heterocycles. The van der Waals surface area contributed by atoms with Crippen molar-refractivity contribution in [2.24, 2.45) is 5.92 Å². The lowest BCUT2D eigenvalue weighted by atomic mass is 10.0. The van der Waals surface area contributed by atoms with Crippen LogP contribution in [0.4, 0.5) is 0 Å². The third-order valence-electron chi connectivity index (χ3n) is 5.55. The minimum Gasteiger partial charge on any atom is -0.462 e. The molecule has 31 heavy (non-hydrogen) atoms. The molecular formula is C27H44O4. The van der Waals surface area contributed by atoms with E-state index in [1.807, 2.05) is 6.92 Å². The van der Waals surface area contributed by atoms with Gasteiger partial charge in [-0.15, -0.1) is 0 Å². The van der Waals surface area contributed by atoms with E-state index >= 15 is 0 Å². The summed E-state index contributed by atoms with van der Waals surface area (Å²) in [4.78, 5) is 25.1. The average molecular weight is 433 g/mol. The number of hydrogen-bond acceptors (Lipinski definition) is 4. The van der Waals surface area contributed by atoms with Crippen LogP contribution in [-0.2, 0) is 9.47 Å². The Bertz CT molecular complexity index is 623. The Hall–Kier alpha value is -1.84. The van der Waals surface area contributed by atoms with E-state index in [0.717, 1.165) is 32.1 Å². The zero-order valence-corrected chi connectivity index (χ0v) is 20.3. The molecule has 0 aromatic heterocycles. The number of unbranched alkanes of at least 4 members (excludes halogenated alkanes) is 8. The molecule has 0 saturated heterocycles. The first kappa shape index (κ1) is 27.2. The van der Waals surface area contributed by atoms with E-state index in [9.17, 15) is 9.59 Å². The van der Waals surface area contributed by atoms with Gasteiger partial charge >= 0.3 is 11.9 Å². The summed E-state index contributed by atoms with van der Waals surface area (Å²) < 4.78 is 11.0. The minimum atomic E-state index is -0.451. The predicted molar refractivity (Wildman–Crippen MR) is 128 cm³/mol. The van der Waals surface area contributed by atoms with Gasteiger partial charge in [-0.2, -0.15) is 0 Å². The Balaban J connectivity index is 2.36. The maximum absolute atomic E-state index is 12.6. The van der Waals surface area contributed by atoms with E-state index in [-0.39, 0.29) is 17.2 Å². The van der Waals surface area contributed by atoms with E-state index < -0.39 is 11.9 Å². The van der Waals surface area contributed by atoms with Crippen molar-refractivity contribution in [2.75, 3.05) is 6.61 Å². The van der Waals surface area contributed by atoms with Crippen LogP contribution in [0.25, 0.3) is 0 Å². The van der Waals surface area contributed by atoms with E-state index in [2.05, 4.69) is 20.8 Å². The van der Waals surface area contributed by atoms with Gasteiger partial charge in [-0.3, -0.25) is 0 Å². The van der Waals surface area contributed by atoms with E-state index in [1.54, 1.807) is 24.3 Å². The quantitative estimate of drug-likeness (QED) is 0.186. The van der Waals surface area contributed by atoms with Crippen molar-refractivity contribution in [2.45, 2.75) is 111 Å². The minimum absolute atomic E-state index is 0.169. The standard InChI is InChI=1S/C27H44O4/c1-5-6-7-8-9-10-11-12-15-21-30-26(28)24-19-13-14-20-25(24)27(29)31-23(4)18-16-17-22(2)3/h13-14,19-20,22-23H,5-12,15-18,21H2,1-4H3. The van der Waals surface area contributed by atoms with Gasteiger partial charge in [0.2, 0.25) is 0 Å².